The van der Waals surface area contributed by atoms with Crippen molar-refractivity contribution >= 4 is 11.3 Å². The predicted molar refractivity (Wildman–Crippen MR) is 85.7 cm³/mol. The van der Waals surface area contributed by atoms with Gasteiger partial charge in [-0.2, -0.15) is 5.10 Å². The molecule has 1 saturated heterocycles. The third-order valence-electron chi connectivity index (χ3n) is 4.43. The Morgan fingerprint density at radius 3 is 2.86 bits per heavy atom. The van der Waals surface area contributed by atoms with Gasteiger partial charge in [-0.15, -0.1) is 11.3 Å². The highest BCUT2D eigenvalue weighted by Crippen LogP contribution is 2.33. The SMILES string of the molecule is Cc1ccsc1CN[C@H]1CCO[C@@H]1c1c(C)nn(C)c1C. The molecule has 3 heterocycles. The van der Waals surface area contributed by atoms with E-state index >= 15 is 0 Å². The third-order valence-corrected chi connectivity index (χ3v) is 5.46. The molecule has 0 saturated carbocycles. The number of nitrogens with zero attached hydrogens (tertiary/aromatic N) is 2. The molecule has 0 amide bonds. The molecule has 1 N–H and O–H groups in total. The Hall–Kier alpha value is -1.17. The van der Waals surface area contributed by atoms with Crippen LogP contribution < -0.4 is 5.32 Å². The van der Waals surface area contributed by atoms with E-state index in [0.717, 1.165) is 25.3 Å². The van der Waals surface area contributed by atoms with Gasteiger partial charge in [0.1, 0.15) is 6.10 Å². The Morgan fingerprint density at radius 2 is 2.24 bits per heavy atom. The summed E-state index contributed by atoms with van der Waals surface area (Å²) in [5.41, 5.74) is 4.92. The molecule has 114 valence electrons. The first-order chi connectivity index (χ1) is 10.1. The van der Waals surface area contributed by atoms with Crippen LogP contribution in [0.25, 0.3) is 0 Å². The Balaban J connectivity index is 1.75. The summed E-state index contributed by atoms with van der Waals surface area (Å²) in [6.45, 7) is 8.11. The molecule has 5 heteroatoms. The lowest BCUT2D eigenvalue weighted by Crippen LogP contribution is -2.31. The van der Waals surface area contributed by atoms with Crippen molar-refractivity contribution in [2.75, 3.05) is 6.61 Å². The van der Waals surface area contributed by atoms with E-state index < -0.39 is 0 Å². The minimum Gasteiger partial charge on any atom is -0.372 e. The zero-order valence-corrected chi connectivity index (χ0v) is 14.0. The first-order valence-electron chi connectivity index (χ1n) is 7.46. The van der Waals surface area contributed by atoms with Gasteiger partial charge in [-0.25, -0.2) is 0 Å². The molecule has 1 aliphatic rings. The topological polar surface area (TPSA) is 39.1 Å². The molecule has 2 aromatic heterocycles. The fraction of sp³-hybridized carbons (Fsp3) is 0.562. The minimum absolute atomic E-state index is 0.124. The van der Waals surface area contributed by atoms with Crippen molar-refractivity contribution in [1.29, 1.82) is 0 Å². The van der Waals surface area contributed by atoms with Crippen LogP contribution in [0.4, 0.5) is 0 Å². The zero-order valence-electron chi connectivity index (χ0n) is 13.1. The second-order valence-electron chi connectivity index (χ2n) is 5.80. The molecule has 0 radical (unpaired) electrons. The molecular weight excluding hydrogens is 282 g/mol. The number of hydrogen-bond acceptors (Lipinski definition) is 4. The van der Waals surface area contributed by atoms with Crippen LogP contribution in [0, 0.1) is 20.8 Å². The maximum absolute atomic E-state index is 6.01. The molecule has 1 fully saturated rings. The van der Waals surface area contributed by atoms with Crippen molar-refractivity contribution in [2.45, 2.75) is 45.9 Å². The Labute approximate surface area is 130 Å². The normalized spacial score (nSPS) is 22.1. The maximum atomic E-state index is 6.01. The molecule has 21 heavy (non-hydrogen) atoms. The summed E-state index contributed by atoms with van der Waals surface area (Å²) in [5, 5.41) is 10.4. The van der Waals surface area contributed by atoms with Gasteiger partial charge in [0, 0.05) is 42.4 Å². The molecule has 0 bridgehead atoms. The average molecular weight is 305 g/mol. The number of thiophene rings is 1. The molecule has 0 spiro atoms. The van der Waals surface area contributed by atoms with Gasteiger partial charge in [-0.1, -0.05) is 0 Å². The first kappa shape index (κ1) is 14.8. The highest BCUT2D eigenvalue weighted by molar-refractivity contribution is 7.10. The Morgan fingerprint density at radius 1 is 1.43 bits per heavy atom. The van der Waals surface area contributed by atoms with Crippen molar-refractivity contribution in [1.82, 2.24) is 15.1 Å². The number of rotatable bonds is 4. The lowest BCUT2D eigenvalue weighted by Gasteiger charge is -2.20. The van der Waals surface area contributed by atoms with Crippen LogP contribution in [0.2, 0.25) is 0 Å². The largest absolute Gasteiger partial charge is 0.372 e. The van der Waals surface area contributed by atoms with Gasteiger partial charge in [0.25, 0.3) is 0 Å². The van der Waals surface area contributed by atoms with E-state index in [9.17, 15) is 0 Å². The number of nitrogens with one attached hydrogen (secondary N) is 1. The van der Waals surface area contributed by atoms with Gasteiger partial charge in [-0.3, -0.25) is 4.68 Å². The highest BCUT2D eigenvalue weighted by atomic mass is 32.1. The second-order valence-corrected chi connectivity index (χ2v) is 6.80. The molecular formula is C16H23N3OS. The third kappa shape index (κ3) is 2.78. The Kier molecular flexibility index (Phi) is 4.15. The zero-order chi connectivity index (χ0) is 15.0. The molecule has 0 aromatic carbocycles. The van der Waals surface area contributed by atoms with E-state index in [1.807, 2.05) is 23.1 Å². The minimum atomic E-state index is 0.124. The lowest BCUT2D eigenvalue weighted by atomic mass is 10.0. The summed E-state index contributed by atoms with van der Waals surface area (Å²) >= 11 is 1.82. The number of ether oxygens (including phenoxy) is 1. The van der Waals surface area contributed by atoms with E-state index in [2.05, 4.69) is 42.6 Å². The molecule has 4 nitrogen and oxygen atoms in total. The van der Waals surface area contributed by atoms with Crippen molar-refractivity contribution in [3.8, 4) is 0 Å². The summed E-state index contributed by atoms with van der Waals surface area (Å²) in [6.07, 6.45) is 1.18. The summed E-state index contributed by atoms with van der Waals surface area (Å²) < 4.78 is 7.97. The van der Waals surface area contributed by atoms with Crippen molar-refractivity contribution < 1.29 is 4.74 Å². The summed E-state index contributed by atoms with van der Waals surface area (Å²) in [4.78, 5) is 1.42. The van der Waals surface area contributed by atoms with E-state index in [-0.39, 0.29) is 6.10 Å². The lowest BCUT2D eigenvalue weighted by molar-refractivity contribution is 0.0974. The smallest absolute Gasteiger partial charge is 0.101 e. The molecule has 0 aliphatic carbocycles. The van der Waals surface area contributed by atoms with Crippen LogP contribution in [0.1, 0.15) is 39.9 Å². The van der Waals surface area contributed by atoms with Crippen LogP contribution >= 0.6 is 11.3 Å². The maximum Gasteiger partial charge on any atom is 0.101 e. The summed E-state index contributed by atoms with van der Waals surface area (Å²) in [6, 6.07) is 2.55. The van der Waals surface area contributed by atoms with Gasteiger partial charge >= 0.3 is 0 Å². The standard InChI is InChI=1S/C16H23N3OS/c1-10-6-8-21-14(10)9-17-13-5-7-20-16(13)15-11(2)18-19(4)12(15)3/h6,8,13,16-17H,5,7,9H2,1-4H3/t13-,16-/m0/s1. The van der Waals surface area contributed by atoms with E-state index in [4.69, 9.17) is 4.74 Å². The molecule has 2 aromatic rings. The summed E-state index contributed by atoms with van der Waals surface area (Å²) in [5.74, 6) is 0. The van der Waals surface area contributed by atoms with Crippen molar-refractivity contribution in [2.24, 2.45) is 7.05 Å². The van der Waals surface area contributed by atoms with Crippen molar-refractivity contribution in [3.63, 3.8) is 0 Å². The van der Waals surface area contributed by atoms with Crippen LogP contribution in [0.5, 0.6) is 0 Å². The van der Waals surface area contributed by atoms with Crippen molar-refractivity contribution in [3.05, 3.63) is 38.8 Å². The predicted octanol–water partition coefficient (Wildman–Crippen LogP) is 3.03. The van der Waals surface area contributed by atoms with E-state index in [0.29, 0.717) is 6.04 Å². The Bertz CT molecular complexity index is 632. The summed E-state index contributed by atoms with van der Waals surface area (Å²) in [7, 11) is 2.00. The number of hydrogen-bond donors (Lipinski definition) is 1. The molecule has 2 atom stereocenters. The van der Waals surface area contributed by atoms with Gasteiger partial charge in [0.15, 0.2) is 0 Å². The first-order valence-corrected chi connectivity index (χ1v) is 8.34. The van der Waals surface area contributed by atoms with Gasteiger partial charge in [0.2, 0.25) is 0 Å². The number of aryl methyl sites for hydroxylation is 3. The van der Waals surface area contributed by atoms with Gasteiger partial charge in [0.05, 0.1) is 5.69 Å². The van der Waals surface area contributed by atoms with Crippen LogP contribution in [0.3, 0.4) is 0 Å². The number of aromatic nitrogens is 2. The highest BCUT2D eigenvalue weighted by Gasteiger charge is 2.33. The quantitative estimate of drug-likeness (QED) is 0.944. The molecule has 0 unspecified atom stereocenters. The van der Waals surface area contributed by atoms with E-state index in [1.165, 1.54) is 21.7 Å². The second kappa shape index (κ2) is 5.91. The molecule has 3 rings (SSSR count). The fourth-order valence-electron chi connectivity index (χ4n) is 3.09. The fourth-order valence-corrected chi connectivity index (χ4v) is 3.95. The average Bonchev–Trinajstić information content (AvgIpc) is 3.10. The van der Waals surface area contributed by atoms with Gasteiger partial charge in [-0.05, 0) is 44.2 Å². The van der Waals surface area contributed by atoms with Crippen LogP contribution in [-0.4, -0.2) is 22.4 Å². The van der Waals surface area contributed by atoms with Crippen LogP contribution in [0.15, 0.2) is 11.4 Å². The van der Waals surface area contributed by atoms with E-state index in [1.54, 1.807) is 0 Å². The van der Waals surface area contributed by atoms with Crippen LogP contribution in [-0.2, 0) is 18.3 Å². The monoisotopic (exact) mass is 305 g/mol. The molecule has 1 aliphatic heterocycles. The van der Waals surface area contributed by atoms with Gasteiger partial charge < -0.3 is 10.1 Å².